The van der Waals surface area contributed by atoms with Crippen molar-refractivity contribution in [1.29, 1.82) is 0 Å². The molecule has 5 atom stereocenters. The second-order valence-corrected chi connectivity index (χ2v) is 5.84. The number of ether oxygens (including phenoxy) is 1. The van der Waals surface area contributed by atoms with Gasteiger partial charge in [-0.05, 0) is 36.7 Å². The zero-order chi connectivity index (χ0) is 19.4. The molecule has 0 spiro atoms. The number of carbonyl (C=O) groups is 1. The van der Waals surface area contributed by atoms with E-state index in [-0.39, 0.29) is 0 Å². The van der Waals surface area contributed by atoms with Gasteiger partial charge in [-0.3, -0.25) is 0 Å². The summed E-state index contributed by atoms with van der Waals surface area (Å²) in [6.45, 7) is 0.628. The summed E-state index contributed by atoms with van der Waals surface area (Å²) in [6.07, 6.45) is -5.94. The standard InChI is InChI=1S/C10H12N2O.C6H10O7/c11-4-3-7-6-12-10-2-1-8(13)5-9(7)10;7-1-2(8)4(5(10)11)13-6(12)3(1)9/h1-2,5-6,12-13H,3-4,11H2;1-4,6-9,12H,(H,10,11)/t;1-,2-,3+,4-,6+/m.0/s1. The molecule has 1 aliphatic rings. The molecular formula is C16H22N2O8. The second-order valence-electron chi connectivity index (χ2n) is 5.84. The number of aromatic amines is 1. The number of aliphatic hydroxyl groups is 4. The van der Waals surface area contributed by atoms with Gasteiger partial charge in [0.2, 0.25) is 0 Å². The normalized spacial score (nSPS) is 28.4. The molecule has 10 heteroatoms. The number of nitrogens with two attached hydrogens (primary N) is 1. The third-order valence-corrected chi connectivity index (χ3v) is 4.00. The third kappa shape index (κ3) is 4.30. The highest BCUT2D eigenvalue weighted by molar-refractivity contribution is 5.84. The highest BCUT2D eigenvalue weighted by Gasteiger charge is 2.46. The number of H-pyrrole nitrogens is 1. The van der Waals surface area contributed by atoms with E-state index in [2.05, 4.69) is 9.72 Å². The number of nitrogens with one attached hydrogen (secondary N) is 1. The summed E-state index contributed by atoms with van der Waals surface area (Å²) in [5, 5.41) is 54.7. The molecule has 2 heterocycles. The number of hydrogen-bond donors (Lipinski definition) is 8. The number of aromatic hydroxyl groups is 1. The molecule has 1 aliphatic heterocycles. The number of benzene rings is 1. The van der Waals surface area contributed by atoms with Crippen LogP contribution in [-0.4, -0.2) is 78.8 Å². The number of carboxylic acid groups (broad SMARTS) is 1. The van der Waals surface area contributed by atoms with Crippen molar-refractivity contribution in [2.24, 2.45) is 5.73 Å². The molecule has 9 N–H and O–H groups in total. The maximum absolute atomic E-state index is 10.4. The van der Waals surface area contributed by atoms with Crippen LogP contribution in [0.3, 0.4) is 0 Å². The summed E-state index contributed by atoms with van der Waals surface area (Å²) in [5.41, 5.74) is 7.68. The van der Waals surface area contributed by atoms with Crippen molar-refractivity contribution in [3.8, 4) is 5.75 Å². The third-order valence-electron chi connectivity index (χ3n) is 4.00. The van der Waals surface area contributed by atoms with E-state index in [1.807, 2.05) is 12.3 Å². The minimum absolute atomic E-state index is 0.297. The van der Waals surface area contributed by atoms with Gasteiger partial charge in [0, 0.05) is 17.1 Å². The number of fused-ring (bicyclic) bond motifs is 1. The topological polar surface area (TPSA) is 189 Å². The van der Waals surface area contributed by atoms with Crippen molar-refractivity contribution in [3.05, 3.63) is 30.0 Å². The smallest absolute Gasteiger partial charge is 0.335 e. The van der Waals surface area contributed by atoms with Crippen LogP contribution in [0.4, 0.5) is 0 Å². The summed E-state index contributed by atoms with van der Waals surface area (Å²) in [4.78, 5) is 13.5. The first-order chi connectivity index (χ1) is 12.3. The Balaban J connectivity index is 0.000000187. The van der Waals surface area contributed by atoms with E-state index in [1.165, 1.54) is 0 Å². The maximum atomic E-state index is 10.4. The van der Waals surface area contributed by atoms with Crippen molar-refractivity contribution in [3.63, 3.8) is 0 Å². The van der Waals surface area contributed by atoms with Crippen LogP contribution in [0.2, 0.25) is 0 Å². The molecule has 1 aromatic heterocycles. The lowest BCUT2D eigenvalue weighted by Crippen LogP contribution is -2.59. The molecule has 2 aromatic rings. The Labute approximate surface area is 148 Å². The molecule has 0 radical (unpaired) electrons. The zero-order valence-corrected chi connectivity index (χ0v) is 13.7. The highest BCUT2D eigenvalue weighted by atomic mass is 16.6. The second kappa shape index (κ2) is 8.45. The summed E-state index contributed by atoms with van der Waals surface area (Å²) in [5.74, 6) is -1.22. The lowest BCUT2D eigenvalue weighted by Gasteiger charge is -2.36. The Morgan fingerprint density at radius 1 is 1.15 bits per heavy atom. The van der Waals surface area contributed by atoms with Gasteiger partial charge in [0.15, 0.2) is 12.4 Å². The Morgan fingerprint density at radius 3 is 2.46 bits per heavy atom. The van der Waals surface area contributed by atoms with Gasteiger partial charge in [-0.25, -0.2) is 4.79 Å². The number of aromatic nitrogens is 1. The van der Waals surface area contributed by atoms with Crippen LogP contribution < -0.4 is 5.73 Å². The highest BCUT2D eigenvalue weighted by Crippen LogP contribution is 2.23. The van der Waals surface area contributed by atoms with Crippen LogP contribution in [0.15, 0.2) is 24.4 Å². The van der Waals surface area contributed by atoms with Crippen molar-refractivity contribution in [2.45, 2.75) is 37.1 Å². The number of phenolic OH excluding ortho intramolecular Hbond substituents is 1. The lowest BCUT2D eigenvalue weighted by molar-refractivity contribution is -0.279. The van der Waals surface area contributed by atoms with E-state index in [1.54, 1.807) is 12.1 Å². The van der Waals surface area contributed by atoms with Gasteiger partial charge in [0.1, 0.15) is 24.1 Å². The molecule has 26 heavy (non-hydrogen) atoms. The number of phenols is 1. The quantitative estimate of drug-likeness (QED) is 0.309. The monoisotopic (exact) mass is 370 g/mol. The first-order valence-electron chi connectivity index (χ1n) is 7.85. The van der Waals surface area contributed by atoms with E-state index in [9.17, 15) is 9.90 Å². The molecular weight excluding hydrogens is 348 g/mol. The molecule has 0 saturated carbocycles. The van der Waals surface area contributed by atoms with E-state index in [4.69, 9.17) is 31.3 Å². The van der Waals surface area contributed by atoms with Crippen molar-refractivity contribution in [2.75, 3.05) is 6.54 Å². The van der Waals surface area contributed by atoms with Gasteiger partial charge in [-0.15, -0.1) is 0 Å². The van der Waals surface area contributed by atoms with E-state index in [0.29, 0.717) is 12.3 Å². The van der Waals surface area contributed by atoms with Gasteiger partial charge < -0.3 is 46.1 Å². The van der Waals surface area contributed by atoms with Crippen molar-refractivity contribution < 1.29 is 40.2 Å². The van der Waals surface area contributed by atoms with Gasteiger partial charge in [-0.1, -0.05) is 0 Å². The van der Waals surface area contributed by atoms with E-state index >= 15 is 0 Å². The Bertz CT molecular complexity index is 749. The molecule has 0 aliphatic carbocycles. The van der Waals surface area contributed by atoms with Gasteiger partial charge >= 0.3 is 5.97 Å². The molecule has 1 fully saturated rings. The summed E-state index contributed by atoms with van der Waals surface area (Å²) in [7, 11) is 0. The fourth-order valence-corrected chi connectivity index (χ4v) is 2.59. The summed E-state index contributed by atoms with van der Waals surface area (Å²) < 4.78 is 4.34. The fourth-order valence-electron chi connectivity index (χ4n) is 2.59. The number of aliphatic hydroxyl groups excluding tert-OH is 4. The van der Waals surface area contributed by atoms with Crippen LogP contribution in [0, 0.1) is 0 Å². The van der Waals surface area contributed by atoms with Crippen LogP contribution in [0.5, 0.6) is 5.75 Å². The predicted octanol–water partition coefficient (Wildman–Crippen LogP) is -1.75. The van der Waals surface area contributed by atoms with Crippen molar-refractivity contribution >= 4 is 16.9 Å². The van der Waals surface area contributed by atoms with Gasteiger partial charge in [-0.2, -0.15) is 0 Å². The van der Waals surface area contributed by atoms with Crippen LogP contribution in [-0.2, 0) is 16.0 Å². The molecule has 0 unspecified atom stereocenters. The Morgan fingerprint density at radius 2 is 1.85 bits per heavy atom. The largest absolute Gasteiger partial charge is 0.508 e. The molecule has 10 nitrogen and oxygen atoms in total. The predicted molar refractivity (Wildman–Crippen MR) is 89.3 cm³/mol. The van der Waals surface area contributed by atoms with E-state index in [0.717, 1.165) is 22.9 Å². The van der Waals surface area contributed by atoms with Crippen LogP contribution >= 0.6 is 0 Å². The number of aliphatic carboxylic acids is 1. The molecule has 0 bridgehead atoms. The molecule has 1 aromatic carbocycles. The van der Waals surface area contributed by atoms with Gasteiger partial charge in [0.05, 0.1) is 0 Å². The number of hydrogen-bond acceptors (Lipinski definition) is 8. The lowest BCUT2D eigenvalue weighted by atomic mass is 9.99. The van der Waals surface area contributed by atoms with E-state index < -0.39 is 36.7 Å². The molecule has 0 amide bonds. The van der Waals surface area contributed by atoms with Crippen LogP contribution in [0.25, 0.3) is 10.9 Å². The SMILES string of the molecule is NCCc1c[nH]c2ccc(O)cc12.O=C(O)[C@H]1O[C@@H](O)[C@H](O)[C@@H](O)[C@@H]1O. The Hall–Kier alpha value is -2.21. The zero-order valence-electron chi connectivity index (χ0n) is 13.7. The Kier molecular flexibility index (Phi) is 6.53. The van der Waals surface area contributed by atoms with Gasteiger partial charge in [0.25, 0.3) is 0 Å². The summed E-state index contributed by atoms with van der Waals surface area (Å²) >= 11 is 0. The van der Waals surface area contributed by atoms with Crippen LogP contribution in [0.1, 0.15) is 5.56 Å². The number of carboxylic acids is 1. The fraction of sp³-hybridized carbons (Fsp3) is 0.438. The minimum Gasteiger partial charge on any atom is -0.508 e. The van der Waals surface area contributed by atoms with Crippen molar-refractivity contribution in [1.82, 2.24) is 4.98 Å². The first kappa shape index (κ1) is 20.1. The first-order valence-corrected chi connectivity index (χ1v) is 7.85. The molecule has 3 rings (SSSR count). The molecule has 144 valence electrons. The molecule has 1 saturated heterocycles. The average molecular weight is 370 g/mol. The minimum atomic E-state index is -1.81. The average Bonchev–Trinajstić information content (AvgIpc) is 2.99. The maximum Gasteiger partial charge on any atom is 0.335 e. The number of rotatable bonds is 3. The summed E-state index contributed by atoms with van der Waals surface area (Å²) in [6, 6.07) is 5.30.